The summed E-state index contributed by atoms with van der Waals surface area (Å²) in [6, 6.07) is 11.1. The van der Waals surface area contributed by atoms with Crippen LogP contribution in [0.1, 0.15) is 20.0 Å². The third-order valence-corrected chi connectivity index (χ3v) is 4.47. The van der Waals surface area contributed by atoms with E-state index in [0.717, 1.165) is 17.4 Å². The summed E-state index contributed by atoms with van der Waals surface area (Å²) in [5.74, 6) is -1.82. The average molecular weight is 386 g/mol. The van der Waals surface area contributed by atoms with E-state index in [1.807, 2.05) is 0 Å². The van der Waals surface area contributed by atoms with Gasteiger partial charge in [0.05, 0.1) is 11.1 Å². The number of benzene rings is 2. The van der Waals surface area contributed by atoms with E-state index in [1.54, 1.807) is 18.2 Å². The standard InChI is InChI=1S/C17H11FN4O4S/c18-13-7-2-1-6-12(13)17-19-9-14(27-17)16(24)21-20-15(23)10-4-3-5-11(8-10)22(25)26/h1-9H,(H,20,23)(H,21,24). The van der Waals surface area contributed by atoms with Crippen LogP contribution in [0.15, 0.2) is 54.7 Å². The van der Waals surface area contributed by atoms with E-state index in [9.17, 15) is 24.1 Å². The van der Waals surface area contributed by atoms with E-state index in [1.165, 1.54) is 30.5 Å². The summed E-state index contributed by atoms with van der Waals surface area (Å²) in [5.41, 5.74) is 4.40. The first-order valence-corrected chi connectivity index (χ1v) is 8.33. The van der Waals surface area contributed by atoms with Crippen molar-refractivity contribution in [2.24, 2.45) is 0 Å². The molecule has 8 nitrogen and oxygen atoms in total. The summed E-state index contributed by atoms with van der Waals surface area (Å²) in [6.07, 6.45) is 1.27. The van der Waals surface area contributed by atoms with Crippen molar-refractivity contribution in [1.29, 1.82) is 0 Å². The maximum absolute atomic E-state index is 13.8. The van der Waals surface area contributed by atoms with Gasteiger partial charge in [-0.25, -0.2) is 9.37 Å². The molecule has 1 aromatic heterocycles. The van der Waals surface area contributed by atoms with Crippen LogP contribution in [0.25, 0.3) is 10.6 Å². The summed E-state index contributed by atoms with van der Waals surface area (Å²) in [6.45, 7) is 0. The number of nitrogens with one attached hydrogen (secondary N) is 2. The SMILES string of the molecule is O=C(NNC(=O)c1cnc(-c2ccccc2F)s1)c1cccc([N+](=O)[O-])c1. The maximum atomic E-state index is 13.8. The third-order valence-electron chi connectivity index (χ3n) is 3.44. The predicted molar refractivity (Wildman–Crippen MR) is 95.5 cm³/mol. The molecule has 2 N–H and O–H groups in total. The van der Waals surface area contributed by atoms with Crippen molar-refractivity contribution in [3.63, 3.8) is 0 Å². The molecule has 0 saturated heterocycles. The molecule has 0 bridgehead atoms. The van der Waals surface area contributed by atoms with Crippen LogP contribution in [-0.2, 0) is 0 Å². The molecular weight excluding hydrogens is 375 g/mol. The predicted octanol–water partition coefficient (Wildman–Crippen LogP) is 2.93. The Hall–Kier alpha value is -3.66. The molecule has 2 amide bonds. The van der Waals surface area contributed by atoms with E-state index in [-0.39, 0.29) is 21.7 Å². The first-order chi connectivity index (χ1) is 13.0. The molecule has 0 radical (unpaired) electrons. The molecule has 27 heavy (non-hydrogen) atoms. The second-order valence-corrected chi connectivity index (χ2v) is 6.26. The molecule has 0 spiro atoms. The lowest BCUT2D eigenvalue weighted by Gasteiger charge is -2.05. The zero-order valence-electron chi connectivity index (χ0n) is 13.5. The molecule has 0 aliphatic carbocycles. The van der Waals surface area contributed by atoms with Crippen molar-refractivity contribution in [3.05, 3.63) is 81.1 Å². The van der Waals surface area contributed by atoms with Crippen LogP contribution in [-0.4, -0.2) is 21.7 Å². The van der Waals surface area contributed by atoms with Gasteiger partial charge in [-0.1, -0.05) is 18.2 Å². The number of nitrogens with zero attached hydrogens (tertiary/aromatic N) is 2. The number of hydrogen-bond acceptors (Lipinski definition) is 6. The number of carbonyl (C=O) groups excluding carboxylic acids is 2. The van der Waals surface area contributed by atoms with E-state index < -0.39 is 22.6 Å². The number of rotatable bonds is 4. The molecule has 0 aliphatic rings. The second kappa shape index (κ2) is 7.70. The quantitative estimate of drug-likeness (QED) is 0.529. The molecule has 3 aromatic rings. The van der Waals surface area contributed by atoms with Gasteiger partial charge in [0.2, 0.25) is 0 Å². The number of carbonyl (C=O) groups is 2. The summed E-state index contributed by atoms with van der Waals surface area (Å²) in [4.78, 5) is 38.4. The molecule has 0 fully saturated rings. The van der Waals surface area contributed by atoms with Gasteiger partial charge in [-0.3, -0.25) is 30.6 Å². The van der Waals surface area contributed by atoms with Gasteiger partial charge in [0.15, 0.2) is 0 Å². The Balaban J connectivity index is 1.66. The van der Waals surface area contributed by atoms with Crippen LogP contribution < -0.4 is 10.9 Å². The lowest BCUT2D eigenvalue weighted by atomic mass is 10.2. The number of hydrogen-bond donors (Lipinski definition) is 2. The number of amides is 2. The minimum absolute atomic E-state index is 0.0147. The summed E-state index contributed by atoms with van der Waals surface area (Å²) >= 11 is 0.958. The van der Waals surface area contributed by atoms with Gasteiger partial charge in [-0.05, 0) is 18.2 Å². The molecule has 0 saturated carbocycles. The molecule has 3 rings (SSSR count). The molecule has 1 heterocycles. The Morgan fingerprint density at radius 1 is 1.07 bits per heavy atom. The largest absolute Gasteiger partial charge is 0.281 e. The van der Waals surface area contributed by atoms with E-state index in [4.69, 9.17) is 0 Å². The topological polar surface area (TPSA) is 114 Å². The van der Waals surface area contributed by atoms with Gasteiger partial charge < -0.3 is 0 Å². The van der Waals surface area contributed by atoms with Crippen LogP contribution in [0.4, 0.5) is 10.1 Å². The fraction of sp³-hybridized carbons (Fsp3) is 0. The lowest BCUT2D eigenvalue weighted by molar-refractivity contribution is -0.384. The van der Waals surface area contributed by atoms with Crippen LogP contribution in [0.5, 0.6) is 0 Å². The number of nitro benzene ring substituents is 1. The highest BCUT2D eigenvalue weighted by molar-refractivity contribution is 7.16. The minimum atomic E-state index is -0.717. The second-order valence-electron chi connectivity index (χ2n) is 5.23. The number of aromatic nitrogens is 1. The zero-order chi connectivity index (χ0) is 19.4. The van der Waals surface area contributed by atoms with Crippen LogP contribution >= 0.6 is 11.3 Å². The van der Waals surface area contributed by atoms with Crippen LogP contribution in [0, 0.1) is 15.9 Å². The Kier molecular flexibility index (Phi) is 5.18. The molecule has 2 aromatic carbocycles. The monoisotopic (exact) mass is 386 g/mol. The molecule has 0 atom stereocenters. The van der Waals surface area contributed by atoms with Crippen molar-refractivity contribution >= 4 is 28.8 Å². The Labute approximate surface area is 155 Å². The van der Waals surface area contributed by atoms with Gasteiger partial charge in [-0.15, -0.1) is 11.3 Å². The zero-order valence-corrected chi connectivity index (χ0v) is 14.3. The lowest BCUT2D eigenvalue weighted by Crippen LogP contribution is -2.41. The van der Waals surface area contributed by atoms with Gasteiger partial charge in [-0.2, -0.15) is 0 Å². The van der Waals surface area contributed by atoms with Gasteiger partial charge in [0, 0.05) is 23.3 Å². The number of non-ortho nitro benzene ring substituents is 1. The van der Waals surface area contributed by atoms with Crippen molar-refractivity contribution in [3.8, 4) is 10.6 Å². The highest BCUT2D eigenvalue weighted by Gasteiger charge is 2.16. The first-order valence-electron chi connectivity index (χ1n) is 7.51. The number of hydrazine groups is 1. The number of thiazole rings is 1. The first kappa shape index (κ1) is 18.1. The van der Waals surface area contributed by atoms with Crippen molar-refractivity contribution in [2.45, 2.75) is 0 Å². The third kappa shape index (κ3) is 4.12. The Bertz CT molecular complexity index is 1040. The highest BCUT2D eigenvalue weighted by atomic mass is 32.1. The van der Waals surface area contributed by atoms with Crippen molar-refractivity contribution in [2.75, 3.05) is 0 Å². The summed E-state index contributed by atoms with van der Waals surface area (Å²) in [5, 5.41) is 11.1. The summed E-state index contributed by atoms with van der Waals surface area (Å²) in [7, 11) is 0. The van der Waals surface area contributed by atoms with E-state index >= 15 is 0 Å². The minimum Gasteiger partial charge on any atom is -0.267 e. The Morgan fingerprint density at radius 3 is 2.56 bits per heavy atom. The fourth-order valence-corrected chi connectivity index (χ4v) is 2.98. The summed E-state index contributed by atoms with van der Waals surface area (Å²) < 4.78 is 13.8. The van der Waals surface area contributed by atoms with E-state index in [0.29, 0.717) is 5.01 Å². The Morgan fingerprint density at radius 2 is 1.81 bits per heavy atom. The molecule has 0 aliphatic heterocycles. The smallest absolute Gasteiger partial charge is 0.267 e. The van der Waals surface area contributed by atoms with Crippen molar-refractivity contribution in [1.82, 2.24) is 15.8 Å². The molecule has 0 unspecified atom stereocenters. The molecule has 136 valence electrons. The fourth-order valence-electron chi connectivity index (χ4n) is 2.15. The maximum Gasteiger partial charge on any atom is 0.281 e. The van der Waals surface area contributed by atoms with Crippen LogP contribution in [0.2, 0.25) is 0 Å². The molecular formula is C17H11FN4O4S. The van der Waals surface area contributed by atoms with Crippen LogP contribution in [0.3, 0.4) is 0 Å². The molecule has 10 heteroatoms. The highest BCUT2D eigenvalue weighted by Crippen LogP contribution is 2.27. The van der Waals surface area contributed by atoms with Gasteiger partial charge in [0.25, 0.3) is 17.5 Å². The normalized spacial score (nSPS) is 10.3. The number of nitro groups is 1. The number of halogens is 1. The van der Waals surface area contributed by atoms with Gasteiger partial charge >= 0.3 is 0 Å². The average Bonchev–Trinajstić information content (AvgIpc) is 3.16. The van der Waals surface area contributed by atoms with Gasteiger partial charge in [0.1, 0.15) is 15.7 Å². The van der Waals surface area contributed by atoms with Crippen molar-refractivity contribution < 1.29 is 18.9 Å². The van der Waals surface area contributed by atoms with E-state index in [2.05, 4.69) is 15.8 Å².